The van der Waals surface area contributed by atoms with Crippen molar-refractivity contribution in [3.05, 3.63) is 29.3 Å². The van der Waals surface area contributed by atoms with Crippen molar-refractivity contribution < 1.29 is 0 Å². The molecule has 1 aromatic rings. The molecule has 3 nitrogen and oxygen atoms in total. The summed E-state index contributed by atoms with van der Waals surface area (Å²) < 4.78 is 0. The molecule has 0 amide bonds. The Bertz CT molecular complexity index is 444. The van der Waals surface area contributed by atoms with E-state index in [9.17, 15) is 0 Å². The third kappa shape index (κ3) is 3.15. The van der Waals surface area contributed by atoms with Gasteiger partial charge in [0.1, 0.15) is 0 Å². The van der Waals surface area contributed by atoms with E-state index in [-0.39, 0.29) is 0 Å². The van der Waals surface area contributed by atoms with Gasteiger partial charge in [-0.3, -0.25) is 4.90 Å². The minimum Gasteiger partial charge on any atom is -0.369 e. The van der Waals surface area contributed by atoms with Crippen LogP contribution in [0, 0.1) is 6.92 Å². The van der Waals surface area contributed by atoms with Gasteiger partial charge in [-0.1, -0.05) is 12.1 Å². The van der Waals surface area contributed by atoms with Crippen molar-refractivity contribution in [2.24, 2.45) is 0 Å². The Labute approximate surface area is 123 Å². The first-order valence-electron chi connectivity index (χ1n) is 7.98. The molecule has 20 heavy (non-hydrogen) atoms. The van der Waals surface area contributed by atoms with Gasteiger partial charge in [0.25, 0.3) is 0 Å². The molecule has 110 valence electrons. The number of rotatable bonds is 3. The Kier molecular flexibility index (Phi) is 4.27. The van der Waals surface area contributed by atoms with Crippen LogP contribution in [0.2, 0.25) is 0 Å². The lowest BCUT2D eigenvalue weighted by molar-refractivity contribution is 0.310. The fourth-order valence-corrected chi connectivity index (χ4v) is 3.33. The summed E-state index contributed by atoms with van der Waals surface area (Å²) in [6.07, 6.45) is 2.74. The molecule has 2 aliphatic rings. The summed E-state index contributed by atoms with van der Waals surface area (Å²) in [7, 11) is 2.22. The zero-order valence-electron chi connectivity index (χ0n) is 12.9. The van der Waals surface area contributed by atoms with E-state index in [0.717, 1.165) is 19.6 Å². The standard InChI is InChI=1S/C17H27N3/c1-15-5-6-16(14-19-7-3-4-8-19)17(13-15)20-11-9-18(2)10-12-20/h5-6,13H,3-4,7-12,14H2,1-2H3. The topological polar surface area (TPSA) is 9.72 Å². The third-order valence-corrected chi connectivity index (χ3v) is 4.68. The first-order valence-corrected chi connectivity index (χ1v) is 7.98. The van der Waals surface area contributed by atoms with Crippen LogP contribution in [0.3, 0.4) is 0 Å². The number of hydrogen-bond acceptors (Lipinski definition) is 3. The molecule has 2 heterocycles. The second-order valence-electron chi connectivity index (χ2n) is 6.41. The average molecular weight is 273 g/mol. The number of likely N-dealkylation sites (tertiary alicyclic amines) is 1. The van der Waals surface area contributed by atoms with E-state index < -0.39 is 0 Å². The Balaban J connectivity index is 1.78. The van der Waals surface area contributed by atoms with Crippen molar-refractivity contribution >= 4 is 5.69 Å². The van der Waals surface area contributed by atoms with Crippen molar-refractivity contribution in [3.8, 4) is 0 Å². The Morgan fingerprint density at radius 3 is 2.35 bits per heavy atom. The molecular formula is C17H27N3. The molecule has 1 aromatic carbocycles. The normalized spacial score (nSPS) is 21.6. The van der Waals surface area contributed by atoms with Crippen LogP contribution in [0.1, 0.15) is 24.0 Å². The second kappa shape index (κ2) is 6.15. The van der Waals surface area contributed by atoms with E-state index in [1.54, 1.807) is 0 Å². The Morgan fingerprint density at radius 1 is 0.950 bits per heavy atom. The van der Waals surface area contributed by atoms with Crippen molar-refractivity contribution in [1.29, 1.82) is 0 Å². The quantitative estimate of drug-likeness (QED) is 0.837. The van der Waals surface area contributed by atoms with E-state index in [0.29, 0.717) is 0 Å². The molecule has 2 saturated heterocycles. The highest BCUT2D eigenvalue weighted by Crippen LogP contribution is 2.26. The zero-order chi connectivity index (χ0) is 13.9. The molecule has 2 fully saturated rings. The number of piperazine rings is 1. The second-order valence-corrected chi connectivity index (χ2v) is 6.41. The van der Waals surface area contributed by atoms with E-state index >= 15 is 0 Å². The lowest BCUT2D eigenvalue weighted by Crippen LogP contribution is -2.45. The van der Waals surface area contributed by atoms with E-state index in [1.807, 2.05) is 0 Å². The summed E-state index contributed by atoms with van der Waals surface area (Å²) >= 11 is 0. The number of benzene rings is 1. The summed E-state index contributed by atoms with van der Waals surface area (Å²) in [5.41, 5.74) is 4.37. The molecule has 0 spiro atoms. The van der Waals surface area contributed by atoms with Gasteiger partial charge in [0, 0.05) is 38.4 Å². The van der Waals surface area contributed by atoms with Gasteiger partial charge >= 0.3 is 0 Å². The van der Waals surface area contributed by atoms with Crippen LogP contribution in [-0.4, -0.2) is 56.1 Å². The molecule has 3 rings (SSSR count). The average Bonchev–Trinajstić information content (AvgIpc) is 2.95. The first kappa shape index (κ1) is 13.9. The Hall–Kier alpha value is -1.06. The van der Waals surface area contributed by atoms with Gasteiger partial charge in [0.2, 0.25) is 0 Å². The predicted molar refractivity (Wildman–Crippen MR) is 85.4 cm³/mol. The molecule has 0 aromatic heterocycles. The van der Waals surface area contributed by atoms with E-state index in [1.165, 1.54) is 55.8 Å². The van der Waals surface area contributed by atoms with Gasteiger partial charge in [-0.05, 0) is 57.1 Å². The molecule has 0 unspecified atom stereocenters. The minimum atomic E-state index is 1.13. The van der Waals surface area contributed by atoms with Gasteiger partial charge in [0.15, 0.2) is 0 Å². The van der Waals surface area contributed by atoms with Gasteiger partial charge in [-0.25, -0.2) is 0 Å². The fourth-order valence-electron chi connectivity index (χ4n) is 3.33. The van der Waals surface area contributed by atoms with Gasteiger partial charge < -0.3 is 9.80 Å². The molecule has 0 aliphatic carbocycles. The Morgan fingerprint density at radius 2 is 1.65 bits per heavy atom. The lowest BCUT2D eigenvalue weighted by atomic mass is 10.1. The summed E-state index contributed by atoms with van der Waals surface area (Å²) in [5, 5.41) is 0. The number of hydrogen-bond donors (Lipinski definition) is 0. The highest BCUT2D eigenvalue weighted by molar-refractivity contribution is 5.56. The maximum absolute atomic E-state index is 2.60. The zero-order valence-corrected chi connectivity index (χ0v) is 12.9. The number of nitrogens with zero attached hydrogens (tertiary/aromatic N) is 3. The highest BCUT2D eigenvalue weighted by Gasteiger charge is 2.19. The first-order chi connectivity index (χ1) is 9.72. The van der Waals surface area contributed by atoms with Crippen molar-refractivity contribution in [3.63, 3.8) is 0 Å². The SMILES string of the molecule is Cc1ccc(CN2CCCC2)c(N2CCN(C)CC2)c1. The molecule has 0 atom stereocenters. The van der Waals surface area contributed by atoms with Crippen LogP contribution >= 0.6 is 0 Å². The third-order valence-electron chi connectivity index (χ3n) is 4.68. The van der Waals surface area contributed by atoms with Gasteiger partial charge in [-0.15, -0.1) is 0 Å². The molecular weight excluding hydrogens is 246 g/mol. The summed E-state index contributed by atoms with van der Waals surface area (Å²) in [6.45, 7) is 10.6. The lowest BCUT2D eigenvalue weighted by Gasteiger charge is -2.36. The molecule has 0 radical (unpaired) electrons. The van der Waals surface area contributed by atoms with Crippen LogP contribution in [0.4, 0.5) is 5.69 Å². The monoisotopic (exact) mass is 273 g/mol. The van der Waals surface area contributed by atoms with Crippen molar-refractivity contribution in [1.82, 2.24) is 9.80 Å². The van der Waals surface area contributed by atoms with Gasteiger partial charge in [0.05, 0.1) is 0 Å². The van der Waals surface area contributed by atoms with Crippen LogP contribution in [0.15, 0.2) is 18.2 Å². The molecule has 0 bridgehead atoms. The maximum atomic E-state index is 2.60. The minimum absolute atomic E-state index is 1.13. The van der Waals surface area contributed by atoms with Crippen LogP contribution < -0.4 is 4.90 Å². The number of aryl methyl sites for hydroxylation is 1. The maximum Gasteiger partial charge on any atom is 0.0415 e. The fraction of sp³-hybridized carbons (Fsp3) is 0.647. The van der Waals surface area contributed by atoms with Crippen LogP contribution in [-0.2, 0) is 6.54 Å². The molecule has 2 aliphatic heterocycles. The predicted octanol–water partition coefficient (Wildman–Crippen LogP) is 2.34. The summed E-state index contributed by atoms with van der Waals surface area (Å²) in [4.78, 5) is 7.61. The number of likely N-dealkylation sites (N-methyl/N-ethyl adjacent to an activating group) is 1. The van der Waals surface area contributed by atoms with E-state index in [4.69, 9.17) is 0 Å². The van der Waals surface area contributed by atoms with Gasteiger partial charge in [-0.2, -0.15) is 0 Å². The highest BCUT2D eigenvalue weighted by atomic mass is 15.3. The molecule has 0 N–H and O–H groups in total. The molecule has 0 saturated carbocycles. The van der Waals surface area contributed by atoms with Crippen molar-refractivity contribution in [2.45, 2.75) is 26.3 Å². The molecule has 3 heteroatoms. The largest absolute Gasteiger partial charge is 0.369 e. The summed E-state index contributed by atoms with van der Waals surface area (Å²) in [6, 6.07) is 7.00. The van der Waals surface area contributed by atoms with Crippen molar-refractivity contribution in [2.75, 3.05) is 51.2 Å². The summed E-state index contributed by atoms with van der Waals surface area (Å²) in [5.74, 6) is 0. The van der Waals surface area contributed by atoms with Crippen LogP contribution in [0.5, 0.6) is 0 Å². The number of anilines is 1. The smallest absolute Gasteiger partial charge is 0.0415 e. The van der Waals surface area contributed by atoms with Crippen LogP contribution in [0.25, 0.3) is 0 Å². The van der Waals surface area contributed by atoms with E-state index in [2.05, 4.69) is 46.9 Å².